The second-order valence-electron chi connectivity index (χ2n) is 6.80. The number of aromatic nitrogens is 3. The second-order valence-corrected chi connectivity index (χ2v) is 6.80. The van der Waals surface area contributed by atoms with Gasteiger partial charge in [0.2, 0.25) is 5.88 Å². The number of carbonyl (C=O) groups excluding carboxylic acids is 1. The lowest BCUT2D eigenvalue weighted by Crippen LogP contribution is -2.42. The molecule has 8 nitrogen and oxygen atoms in total. The number of hydrogen-bond donors (Lipinski definition) is 1. The van der Waals surface area contributed by atoms with Crippen LogP contribution in [-0.2, 0) is 12.8 Å². The predicted octanol–water partition coefficient (Wildman–Crippen LogP) is 2.07. The first kappa shape index (κ1) is 16.8. The molecule has 2 aliphatic rings. The van der Waals surface area contributed by atoms with Gasteiger partial charge < -0.3 is 19.5 Å². The van der Waals surface area contributed by atoms with Gasteiger partial charge in [-0.15, -0.1) is 0 Å². The van der Waals surface area contributed by atoms with E-state index in [1.165, 1.54) is 6.33 Å². The molecule has 1 fully saturated rings. The molecule has 0 spiro atoms. The summed E-state index contributed by atoms with van der Waals surface area (Å²) in [4.78, 5) is 22.9. The molecule has 0 unspecified atom stereocenters. The second kappa shape index (κ2) is 7.31. The summed E-state index contributed by atoms with van der Waals surface area (Å²) in [6.07, 6.45) is 7.20. The number of carbonyl (C=O) groups is 1. The summed E-state index contributed by atoms with van der Waals surface area (Å²) in [5.74, 6) is 2.17. The fourth-order valence-corrected chi connectivity index (χ4v) is 3.67. The van der Waals surface area contributed by atoms with E-state index in [0.29, 0.717) is 24.7 Å². The summed E-state index contributed by atoms with van der Waals surface area (Å²) in [7, 11) is 1.58. The molecule has 1 N–H and O–H groups in total. The van der Waals surface area contributed by atoms with Gasteiger partial charge in [0.25, 0.3) is 5.91 Å². The molecule has 2 aromatic rings. The van der Waals surface area contributed by atoms with E-state index in [9.17, 15) is 4.79 Å². The third-order valence-corrected chi connectivity index (χ3v) is 5.14. The molecule has 1 aliphatic heterocycles. The maximum absolute atomic E-state index is 12.8. The minimum Gasteiger partial charge on any atom is -0.481 e. The van der Waals surface area contributed by atoms with Gasteiger partial charge in [-0.2, -0.15) is 0 Å². The van der Waals surface area contributed by atoms with Crippen molar-refractivity contribution in [1.82, 2.24) is 20.0 Å². The maximum Gasteiger partial charge on any atom is 0.276 e. The lowest BCUT2D eigenvalue weighted by atomic mass is 9.95. The first-order valence-electron chi connectivity index (χ1n) is 9.14. The molecule has 4 rings (SSSR count). The topological polar surface area (TPSA) is 93.4 Å². The van der Waals surface area contributed by atoms with Gasteiger partial charge in [-0.25, -0.2) is 9.97 Å². The van der Waals surface area contributed by atoms with Gasteiger partial charge in [0, 0.05) is 37.2 Å². The third kappa shape index (κ3) is 3.36. The Morgan fingerprint density at radius 2 is 2.08 bits per heavy atom. The number of amides is 1. The molecule has 1 amide bonds. The molecule has 8 heteroatoms. The fourth-order valence-electron chi connectivity index (χ4n) is 3.67. The molecule has 1 aliphatic carbocycles. The molecule has 0 saturated carbocycles. The predicted molar refractivity (Wildman–Crippen MR) is 94.3 cm³/mol. The largest absolute Gasteiger partial charge is 0.481 e. The molecule has 0 atom stereocenters. The number of ether oxygens (including phenoxy) is 1. The molecule has 3 heterocycles. The van der Waals surface area contributed by atoms with E-state index in [-0.39, 0.29) is 11.9 Å². The van der Waals surface area contributed by atoms with Crippen molar-refractivity contribution in [3.63, 3.8) is 0 Å². The third-order valence-electron chi connectivity index (χ3n) is 5.14. The van der Waals surface area contributed by atoms with E-state index >= 15 is 0 Å². The highest BCUT2D eigenvalue weighted by Crippen LogP contribution is 2.26. The van der Waals surface area contributed by atoms with E-state index in [1.54, 1.807) is 13.2 Å². The van der Waals surface area contributed by atoms with E-state index in [0.717, 1.165) is 55.7 Å². The quantitative estimate of drug-likeness (QED) is 0.895. The molecule has 26 heavy (non-hydrogen) atoms. The van der Waals surface area contributed by atoms with Crippen molar-refractivity contribution in [2.75, 3.05) is 25.5 Å². The zero-order chi connectivity index (χ0) is 17.9. The van der Waals surface area contributed by atoms with Gasteiger partial charge >= 0.3 is 0 Å². The van der Waals surface area contributed by atoms with E-state index in [1.807, 2.05) is 4.90 Å². The van der Waals surface area contributed by atoms with Crippen molar-refractivity contribution < 1.29 is 14.1 Å². The van der Waals surface area contributed by atoms with Crippen LogP contribution in [0.2, 0.25) is 0 Å². The minimum absolute atomic E-state index is 0.000875. The van der Waals surface area contributed by atoms with Gasteiger partial charge in [0.1, 0.15) is 17.9 Å². The highest BCUT2D eigenvalue weighted by atomic mass is 16.5. The van der Waals surface area contributed by atoms with Crippen molar-refractivity contribution in [3.8, 4) is 5.88 Å². The summed E-state index contributed by atoms with van der Waals surface area (Å²) in [5, 5.41) is 7.46. The number of fused-ring (bicyclic) bond motifs is 1. The molecular formula is C18H23N5O3. The van der Waals surface area contributed by atoms with Crippen LogP contribution in [0.5, 0.6) is 5.88 Å². The van der Waals surface area contributed by atoms with Crippen LogP contribution in [0.4, 0.5) is 5.82 Å². The zero-order valence-electron chi connectivity index (χ0n) is 14.9. The number of nitrogens with zero attached hydrogens (tertiary/aromatic N) is 4. The number of anilines is 1. The van der Waals surface area contributed by atoms with Crippen LogP contribution in [0.3, 0.4) is 0 Å². The summed E-state index contributed by atoms with van der Waals surface area (Å²) in [5.41, 5.74) is 1.54. The first-order valence-corrected chi connectivity index (χ1v) is 9.14. The lowest BCUT2D eigenvalue weighted by Gasteiger charge is -2.32. The van der Waals surface area contributed by atoms with Crippen molar-refractivity contribution in [2.45, 2.75) is 44.6 Å². The lowest BCUT2D eigenvalue weighted by molar-refractivity contribution is 0.0707. The van der Waals surface area contributed by atoms with Crippen LogP contribution >= 0.6 is 0 Å². The Morgan fingerprint density at radius 3 is 2.88 bits per heavy atom. The zero-order valence-corrected chi connectivity index (χ0v) is 14.9. The van der Waals surface area contributed by atoms with Crippen molar-refractivity contribution >= 4 is 11.7 Å². The van der Waals surface area contributed by atoms with Gasteiger partial charge in [-0.3, -0.25) is 4.79 Å². The summed E-state index contributed by atoms with van der Waals surface area (Å²) in [6.45, 7) is 1.39. The Morgan fingerprint density at radius 1 is 1.27 bits per heavy atom. The minimum atomic E-state index is -0.000875. The van der Waals surface area contributed by atoms with Gasteiger partial charge in [-0.1, -0.05) is 5.16 Å². The van der Waals surface area contributed by atoms with Gasteiger partial charge in [-0.05, 0) is 32.1 Å². The molecule has 2 aromatic heterocycles. The SMILES string of the molecule is COc1cc(NC2CCN(C(=O)c3noc4c3CCCC4)CC2)ncn1. The summed E-state index contributed by atoms with van der Waals surface area (Å²) in [6, 6.07) is 2.05. The molecule has 0 radical (unpaired) electrons. The number of likely N-dealkylation sites (tertiary alicyclic amines) is 1. The number of nitrogens with one attached hydrogen (secondary N) is 1. The van der Waals surface area contributed by atoms with Crippen LogP contribution in [0, 0.1) is 0 Å². The Labute approximate surface area is 151 Å². The Balaban J connectivity index is 1.36. The molecular weight excluding hydrogens is 334 g/mol. The number of rotatable bonds is 4. The van der Waals surface area contributed by atoms with Crippen molar-refractivity contribution in [2.24, 2.45) is 0 Å². The molecule has 1 saturated heterocycles. The molecule has 0 aromatic carbocycles. The molecule has 138 valence electrons. The van der Waals surface area contributed by atoms with E-state index in [2.05, 4.69) is 20.4 Å². The monoisotopic (exact) mass is 357 g/mol. The van der Waals surface area contributed by atoms with Crippen LogP contribution in [-0.4, -0.2) is 52.2 Å². The Kier molecular flexibility index (Phi) is 4.73. The van der Waals surface area contributed by atoms with Crippen LogP contribution in [0.25, 0.3) is 0 Å². The standard InChI is InChI=1S/C18H23N5O3/c1-25-16-10-15(19-11-20-16)21-12-6-8-23(9-7-12)18(24)17-13-4-2-3-5-14(13)26-22-17/h10-12H,2-9H2,1H3,(H,19,20,21). The highest BCUT2D eigenvalue weighted by Gasteiger charge is 2.30. The van der Waals surface area contributed by atoms with Crippen LogP contribution in [0.1, 0.15) is 47.5 Å². The highest BCUT2D eigenvalue weighted by molar-refractivity contribution is 5.94. The summed E-state index contributed by atoms with van der Waals surface area (Å²) < 4.78 is 10.5. The number of aryl methyl sites for hydroxylation is 1. The number of hydrogen-bond acceptors (Lipinski definition) is 7. The number of methoxy groups -OCH3 is 1. The van der Waals surface area contributed by atoms with Gasteiger partial charge in [0.15, 0.2) is 5.69 Å². The van der Waals surface area contributed by atoms with Crippen LogP contribution in [0.15, 0.2) is 16.9 Å². The van der Waals surface area contributed by atoms with E-state index < -0.39 is 0 Å². The van der Waals surface area contributed by atoms with Crippen LogP contribution < -0.4 is 10.1 Å². The molecule has 0 bridgehead atoms. The van der Waals surface area contributed by atoms with Crippen molar-refractivity contribution in [1.29, 1.82) is 0 Å². The Hall–Kier alpha value is -2.64. The first-order chi connectivity index (χ1) is 12.7. The average Bonchev–Trinajstić information content (AvgIpc) is 3.12. The number of piperidine rings is 1. The normalized spacial score (nSPS) is 17.7. The average molecular weight is 357 g/mol. The van der Waals surface area contributed by atoms with Gasteiger partial charge in [0.05, 0.1) is 7.11 Å². The fraction of sp³-hybridized carbons (Fsp3) is 0.556. The van der Waals surface area contributed by atoms with E-state index in [4.69, 9.17) is 9.26 Å². The van der Waals surface area contributed by atoms with Crippen molar-refractivity contribution in [3.05, 3.63) is 29.4 Å². The Bertz CT molecular complexity index is 783. The smallest absolute Gasteiger partial charge is 0.276 e. The maximum atomic E-state index is 12.8. The summed E-state index contributed by atoms with van der Waals surface area (Å²) >= 11 is 0.